The van der Waals surface area contributed by atoms with Crippen LogP contribution < -0.4 is 5.73 Å². The van der Waals surface area contributed by atoms with Crippen molar-refractivity contribution >= 4 is 0 Å². The molecule has 100 valence electrons. The summed E-state index contributed by atoms with van der Waals surface area (Å²) in [6, 6.07) is 10.8. The Balaban J connectivity index is 1.85. The van der Waals surface area contributed by atoms with Crippen LogP contribution in [-0.4, -0.2) is 33.8 Å². The first-order chi connectivity index (χ1) is 9.24. The van der Waals surface area contributed by atoms with Gasteiger partial charge in [0.1, 0.15) is 0 Å². The fourth-order valence-corrected chi connectivity index (χ4v) is 2.70. The van der Waals surface area contributed by atoms with Crippen molar-refractivity contribution in [1.29, 1.82) is 0 Å². The Morgan fingerprint density at radius 2 is 2.16 bits per heavy atom. The molecule has 19 heavy (non-hydrogen) atoms. The lowest BCUT2D eigenvalue weighted by atomic mass is 10.2. The predicted molar refractivity (Wildman–Crippen MR) is 76.2 cm³/mol. The topological polar surface area (TPSA) is 47.1 Å². The van der Waals surface area contributed by atoms with Gasteiger partial charge in [-0.3, -0.25) is 4.90 Å². The number of aromatic nitrogens is 2. The average Bonchev–Trinajstić information content (AvgIpc) is 3.00. The minimum atomic E-state index is 0.329. The molecule has 2 aromatic rings. The van der Waals surface area contributed by atoms with Crippen molar-refractivity contribution in [2.45, 2.75) is 25.9 Å². The van der Waals surface area contributed by atoms with Gasteiger partial charge in [0.15, 0.2) is 0 Å². The summed E-state index contributed by atoms with van der Waals surface area (Å²) in [5.74, 6) is 0. The number of rotatable bonds is 3. The molecule has 3 rings (SSSR count). The van der Waals surface area contributed by atoms with Crippen LogP contribution in [0.4, 0.5) is 0 Å². The normalized spacial score (nSPS) is 20.0. The quantitative estimate of drug-likeness (QED) is 0.909. The number of aryl methyl sites for hydroxylation is 1. The third kappa shape index (κ3) is 2.55. The molecule has 1 aromatic carbocycles. The molecule has 4 nitrogen and oxygen atoms in total. The summed E-state index contributed by atoms with van der Waals surface area (Å²) in [4.78, 5) is 2.40. The van der Waals surface area contributed by atoms with Crippen molar-refractivity contribution in [1.82, 2.24) is 14.7 Å². The first-order valence-corrected chi connectivity index (χ1v) is 6.81. The van der Waals surface area contributed by atoms with Crippen molar-refractivity contribution < 1.29 is 0 Å². The largest absolute Gasteiger partial charge is 0.326 e. The van der Waals surface area contributed by atoms with Gasteiger partial charge in [0.05, 0.1) is 11.4 Å². The maximum atomic E-state index is 5.96. The van der Waals surface area contributed by atoms with E-state index in [-0.39, 0.29) is 0 Å². The van der Waals surface area contributed by atoms with E-state index < -0.39 is 0 Å². The standard InChI is InChI=1S/C15H20N4/c1-12-4-2-3-5-15(12)19-14(6-8-17-19)11-18-9-7-13(16)10-18/h2-6,8,13H,7,9-11,16H2,1H3/t13-/m1/s1. The number of hydrogen-bond donors (Lipinski definition) is 1. The van der Waals surface area contributed by atoms with Gasteiger partial charge in [-0.05, 0) is 31.0 Å². The van der Waals surface area contributed by atoms with Crippen LogP contribution in [0.1, 0.15) is 17.7 Å². The second-order valence-corrected chi connectivity index (χ2v) is 5.30. The van der Waals surface area contributed by atoms with Crippen molar-refractivity contribution in [2.75, 3.05) is 13.1 Å². The third-order valence-corrected chi connectivity index (χ3v) is 3.76. The summed E-state index contributed by atoms with van der Waals surface area (Å²) in [7, 11) is 0. The highest BCUT2D eigenvalue weighted by atomic mass is 15.3. The van der Waals surface area contributed by atoms with Gasteiger partial charge in [-0.2, -0.15) is 5.10 Å². The molecule has 0 spiro atoms. The van der Waals surface area contributed by atoms with Crippen molar-refractivity contribution in [3.05, 3.63) is 47.8 Å². The average molecular weight is 256 g/mol. The lowest BCUT2D eigenvalue weighted by Gasteiger charge is -2.17. The van der Waals surface area contributed by atoms with Crippen molar-refractivity contribution in [2.24, 2.45) is 5.73 Å². The van der Waals surface area contributed by atoms with E-state index in [0.717, 1.165) is 31.7 Å². The monoisotopic (exact) mass is 256 g/mol. The number of benzene rings is 1. The Morgan fingerprint density at radius 1 is 1.32 bits per heavy atom. The SMILES string of the molecule is Cc1ccccc1-n1nccc1CN1CC[C@@H](N)C1. The second-order valence-electron chi connectivity index (χ2n) is 5.30. The van der Waals surface area contributed by atoms with Crippen LogP contribution in [0.3, 0.4) is 0 Å². The van der Waals surface area contributed by atoms with E-state index >= 15 is 0 Å². The first kappa shape index (κ1) is 12.4. The first-order valence-electron chi connectivity index (χ1n) is 6.81. The van der Waals surface area contributed by atoms with Crippen LogP contribution in [0.15, 0.2) is 36.5 Å². The Kier molecular flexibility index (Phi) is 3.36. The maximum Gasteiger partial charge on any atom is 0.0678 e. The maximum absolute atomic E-state index is 5.96. The summed E-state index contributed by atoms with van der Waals surface area (Å²) < 4.78 is 2.04. The molecular weight excluding hydrogens is 236 g/mol. The second kappa shape index (κ2) is 5.15. The highest BCUT2D eigenvalue weighted by Crippen LogP contribution is 2.18. The molecule has 0 unspecified atom stereocenters. The predicted octanol–water partition coefficient (Wildman–Crippen LogP) is 1.71. The molecule has 1 aliphatic rings. The molecule has 1 aromatic heterocycles. The summed E-state index contributed by atoms with van der Waals surface area (Å²) >= 11 is 0. The summed E-state index contributed by atoms with van der Waals surface area (Å²) in [5.41, 5.74) is 9.59. The molecule has 1 atom stereocenters. The van der Waals surface area contributed by atoms with Crippen LogP contribution in [0, 0.1) is 6.92 Å². The van der Waals surface area contributed by atoms with Gasteiger partial charge in [-0.25, -0.2) is 4.68 Å². The molecule has 0 aliphatic carbocycles. The highest BCUT2D eigenvalue weighted by Gasteiger charge is 2.20. The molecule has 0 amide bonds. The van der Waals surface area contributed by atoms with E-state index in [1.165, 1.54) is 11.3 Å². The zero-order valence-corrected chi connectivity index (χ0v) is 11.3. The minimum absolute atomic E-state index is 0.329. The van der Waals surface area contributed by atoms with Crippen LogP contribution >= 0.6 is 0 Å². The molecule has 4 heteroatoms. The molecule has 1 aliphatic heterocycles. The fraction of sp³-hybridized carbons (Fsp3) is 0.400. The van der Waals surface area contributed by atoms with Crippen LogP contribution in [0.25, 0.3) is 5.69 Å². The van der Waals surface area contributed by atoms with E-state index in [9.17, 15) is 0 Å². The Hall–Kier alpha value is -1.65. The van der Waals surface area contributed by atoms with E-state index in [1.54, 1.807) is 0 Å². The van der Waals surface area contributed by atoms with Crippen molar-refractivity contribution in [3.63, 3.8) is 0 Å². The summed E-state index contributed by atoms with van der Waals surface area (Å²) in [6.45, 7) is 5.10. The van der Waals surface area contributed by atoms with Crippen molar-refractivity contribution in [3.8, 4) is 5.69 Å². The molecule has 2 heterocycles. The zero-order valence-electron chi connectivity index (χ0n) is 11.3. The van der Waals surface area contributed by atoms with E-state index in [1.807, 2.05) is 10.9 Å². The molecular formula is C15H20N4. The lowest BCUT2D eigenvalue weighted by Crippen LogP contribution is -2.27. The zero-order chi connectivity index (χ0) is 13.2. The van der Waals surface area contributed by atoms with Gasteiger partial charge in [0, 0.05) is 31.9 Å². The molecule has 1 saturated heterocycles. The van der Waals surface area contributed by atoms with E-state index in [4.69, 9.17) is 5.73 Å². The summed E-state index contributed by atoms with van der Waals surface area (Å²) in [5, 5.41) is 4.47. The number of likely N-dealkylation sites (tertiary alicyclic amines) is 1. The van der Waals surface area contributed by atoms with Gasteiger partial charge >= 0.3 is 0 Å². The van der Waals surface area contributed by atoms with E-state index in [0.29, 0.717) is 6.04 Å². The minimum Gasteiger partial charge on any atom is -0.326 e. The molecule has 1 fully saturated rings. The molecule has 2 N–H and O–H groups in total. The van der Waals surface area contributed by atoms with Gasteiger partial charge in [-0.15, -0.1) is 0 Å². The summed E-state index contributed by atoms with van der Waals surface area (Å²) in [6.07, 6.45) is 2.97. The number of nitrogens with zero attached hydrogens (tertiary/aromatic N) is 3. The highest BCUT2D eigenvalue weighted by molar-refractivity contribution is 5.40. The van der Waals surface area contributed by atoms with Gasteiger partial charge in [0.25, 0.3) is 0 Å². The van der Waals surface area contributed by atoms with Gasteiger partial charge in [0.2, 0.25) is 0 Å². The molecule has 0 saturated carbocycles. The molecule has 0 radical (unpaired) electrons. The fourth-order valence-electron chi connectivity index (χ4n) is 2.70. The van der Waals surface area contributed by atoms with Gasteiger partial charge < -0.3 is 5.73 Å². The van der Waals surface area contributed by atoms with Crippen LogP contribution in [0.5, 0.6) is 0 Å². The van der Waals surface area contributed by atoms with Crippen LogP contribution in [-0.2, 0) is 6.54 Å². The molecule has 0 bridgehead atoms. The third-order valence-electron chi connectivity index (χ3n) is 3.76. The number of nitrogens with two attached hydrogens (primary N) is 1. The van der Waals surface area contributed by atoms with E-state index in [2.05, 4.69) is 47.3 Å². The number of para-hydroxylation sites is 1. The van der Waals surface area contributed by atoms with Gasteiger partial charge in [-0.1, -0.05) is 18.2 Å². The number of hydrogen-bond acceptors (Lipinski definition) is 3. The Bertz CT molecular complexity index is 561. The lowest BCUT2D eigenvalue weighted by molar-refractivity contribution is 0.319. The Morgan fingerprint density at radius 3 is 2.89 bits per heavy atom. The smallest absolute Gasteiger partial charge is 0.0678 e. The Labute approximate surface area is 113 Å². The van der Waals surface area contributed by atoms with Crippen LogP contribution in [0.2, 0.25) is 0 Å².